The molecule has 0 saturated carbocycles. The lowest BCUT2D eigenvalue weighted by Crippen LogP contribution is -2.44. The van der Waals surface area contributed by atoms with Crippen molar-refractivity contribution in [2.75, 3.05) is 31.4 Å². The molecule has 0 aliphatic carbocycles. The van der Waals surface area contributed by atoms with Crippen LogP contribution in [-0.2, 0) is 0 Å². The molecule has 0 atom stereocenters. The zero-order valence-corrected chi connectivity index (χ0v) is 13.7. The van der Waals surface area contributed by atoms with Gasteiger partial charge in [0.1, 0.15) is 17.5 Å². The van der Waals surface area contributed by atoms with Gasteiger partial charge < -0.3 is 15.6 Å². The van der Waals surface area contributed by atoms with E-state index in [9.17, 15) is 0 Å². The van der Waals surface area contributed by atoms with Crippen molar-refractivity contribution >= 4 is 11.6 Å². The summed E-state index contributed by atoms with van der Waals surface area (Å²) >= 11 is 0. The highest BCUT2D eigenvalue weighted by Crippen LogP contribution is 2.23. The van der Waals surface area contributed by atoms with Gasteiger partial charge in [-0.15, -0.1) is 0 Å². The fourth-order valence-electron chi connectivity index (χ4n) is 1.56. The van der Waals surface area contributed by atoms with E-state index in [-0.39, 0.29) is 11.5 Å². The van der Waals surface area contributed by atoms with E-state index in [2.05, 4.69) is 67.4 Å². The molecular formula is C14H28N6. The van der Waals surface area contributed by atoms with Gasteiger partial charge in [-0.2, -0.15) is 0 Å². The van der Waals surface area contributed by atoms with Gasteiger partial charge in [-0.3, -0.25) is 0 Å². The molecule has 114 valence electrons. The Morgan fingerprint density at radius 2 is 1.75 bits per heavy atom. The molecule has 0 aromatic carbocycles. The van der Waals surface area contributed by atoms with E-state index in [0.717, 1.165) is 23.8 Å². The third-order valence-electron chi connectivity index (χ3n) is 3.72. The molecule has 6 nitrogen and oxygen atoms in total. The van der Waals surface area contributed by atoms with Crippen molar-refractivity contribution in [3.05, 3.63) is 11.4 Å². The third-order valence-corrected chi connectivity index (χ3v) is 3.72. The number of hydrogen-bond donors (Lipinski definition) is 3. The number of aromatic nitrogens is 2. The molecule has 20 heavy (non-hydrogen) atoms. The van der Waals surface area contributed by atoms with Crippen LogP contribution in [0.25, 0.3) is 0 Å². The van der Waals surface area contributed by atoms with Gasteiger partial charge in [-0.05, 0) is 34.9 Å². The molecule has 0 amide bonds. The van der Waals surface area contributed by atoms with Crippen LogP contribution in [0.2, 0.25) is 0 Å². The fraction of sp³-hybridized carbons (Fsp3) is 0.714. The molecule has 0 aliphatic heterocycles. The van der Waals surface area contributed by atoms with E-state index < -0.39 is 0 Å². The second-order valence-electron chi connectivity index (χ2n) is 6.26. The average molecular weight is 280 g/mol. The fourth-order valence-corrected chi connectivity index (χ4v) is 1.56. The zero-order valence-electron chi connectivity index (χ0n) is 13.7. The van der Waals surface area contributed by atoms with Crippen molar-refractivity contribution in [3.8, 4) is 0 Å². The van der Waals surface area contributed by atoms with Crippen LogP contribution < -0.4 is 16.6 Å². The largest absolute Gasteiger partial charge is 0.368 e. The topological polar surface area (TPSA) is 79.1 Å². The summed E-state index contributed by atoms with van der Waals surface area (Å²) in [5, 5.41) is 3.42. The van der Waals surface area contributed by atoms with Crippen LogP contribution in [0.5, 0.6) is 0 Å². The third kappa shape index (κ3) is 3.80. The smallest absolute Gasteiger partial charge is 0.148 e. The second kappa shape index (κ2) is 6.37. The van der Waals surface area contributed by atoms with Crippen LogP contribution in [-0.4, -0.2) is 41.0 Å². The van der Waals surface area contributed by atoms with Gasteiger partial charge in [0, 0.05) is 23.6 Å². The summed E-state index contributed by atoms with van der Waals surface area (Å²) in [5.74, 6) is 8.10. The van der Waals surface area contributed by atoms with Crippen molar-refractivity contribution < 1.29 is 0 Å². The molecule has 0 spiro atoms. The summed E-state index contributed by atoms with van der Waals surface area (Å²) in [6.45, 7) is 11.3. The van der Waals surface area contributed by atoms with E-state index >= 15 is 0 Å². The Labute approximate surface area is 122 Å². The lowest BCUT2D eigenvalue weighted by atomic mass is 10.0. The van der Waals surface area contributed by atoms with Gasteiger partial charge >= 0.3 is 0 Å². The summed E-state index contributed by atoms with van der Waals surface area (Å²) in [7, 11) is 4.14. The average Bonchev–Trinajstić information content (AvgIpc) is 2.37. The number of hydrogen-bond acceptors (Lipinski definition) is 6. The molecule has 0 aliphatic rings. The Bertz CT molecular complexity index is 453. The van der Waals surface area contributed by atoms with Crippen LogP contribution in [0.3, 0.4) is 0 Å². The number of hydrazine groups is 1. The molecule has 0 fully saturated rings. The van der Waals surface area contributed by atoms with Gasteiger partial charge in [0.2, 0.25) is 0 Å². The van der Waals surface area contributed by atoms with Crippen molar-refractivity contribution in [1.82, 2.24) is 14.9 Å². The highest BCUT2D eigenvalue weighted by atomic mass is 15.3. The minimum Gasteiger partial charge on any atom is -0.368 e. The molecule has 0 bridgehead atoms. The Hall–Kier alpha value is -1.40. The summed E-state index contributed by atoms with van der Waals surface area (Å²) in [4.78, 5) is 11.2. The molecular weight excluding hydrogens is 252 g/mol. The first-order chi connectivity index (χ1) is 9.19. The van der Waals surface area contributed by atoms with E-state index in [1.54, 1.807) is 0 Å². The predicted octanol–water partition coefficient (Wildman–Crippen LogP) is 1.95. The number of nitrogens with one attached hydrogen (secondary N) is 2. The van der Waals surface area contributed by atoms with E-state index in [0.29, 0.717) is 5.82 Å². The Morgan fingerprint density at radius 1 is 1.20 bits per heavy atom. The first-order valence-electron chi connectivity index (χ1n) is 6.95. The summed E-state index contributed by atoms with van der Waals surface area (Å²) < 4.78 is 0. The van der Waals surface area contributed by atoms with E-state index in [4.69, 9.17) is 5.84 Å². The number of likely N-dealkylation sites (N-methyl/N-ethyl adjacent to an activating group) is 1. The van der Waals surface area contributed by atoms with Crippen LogP contribution in [0.4, 0.5) is 11.6 Å². The monoisotopic (exact) mass is 280 g/mol. The Morgan fingerprint density at radius 3 is 2.20 bits per heavy atom. The molecule has 1 aromatic heterocycles. The van der Waals surface area contributed by atoms with E-state index in [1.807, 2.05) is 6.92 Å². The first-order valence-corrected chi connectivity index (χ1v) is 6.95. The number of rotatable bonds is 6. The standard InChI is InChI=1S/C14H28N6/c1-9(2)11-17-12(10(3)13(18-11)19-15)16-8-14(4,5)20(6)7/h9H,8,15H2,1-7H3,(H2,16,17,18,19). The van der Waals surface area contributed by atoms with Gasteiger partial charge in [0.25, 0.3) is 0 Å². The Balaban J connectivity index is 3.02. The van der Waals surface area contributed by atoms with Crippen LogP contribution in [0.1, 0.15) is 45.0 Å². The molecule has 0 unspecified atom stereocenters. The lowest BCUT2D eigenvalue weighted by Gasteiger charge is -2.33. The van der Waals surface area contributed by atoms with Gasteiger partial charge in [0.15, 0.2) is 0 Å². The summed E-state index contributed by atoms with van der Waals surface area (Å²) in [6, 6.07) is 0. The number of nitrogens with two attached hydrogens (primary N) is 1. The predicted molar refractivity (Wildman–Crippen MR) is 84.9 cm³/mol. The van der Waals surface area contributed by atoms with Crippen LogP contribution in [0, 0.1) is 6.92 Å². The van der Waals surface area contributed by atoms with Gasteiger partial charge in [0.05, 0.1) is 0 Å². The summed E-state index contributed by atoms with van der Waals surface area (Å²) in [6.07, 6.45) is 0. The quantitative estimate of drug-likeness (QED) is 0.546. The van der Waals surface area contributed by atoms with Crippen LogP contribution in [0.15, 0.2) is 0 Å². The van der Waals surface area contributed by atoms with Crippen molar-refractivity contribution in [2.24, 2.45) is 5.84 Å². The number of anilines is 2. The molecule has 6 heteroatoms. The van der Waals surface area contributed by atoms with Crippen molar-refractivity contribution in [2.45, 2.75) is 46.1 Å². The Kier molecular flexibility index (Phi) is 5.30. The molecule has 0 radical (unpaired) electrons. The minimum absolute atomic E-state index is 0.0334. The highest BCUT2D eigenvalue weighted by molar-refractivity contribution is 5.57. The van der Waals surface area contributed by atoms with Crippen molar-refractivity contribution in [3.63, 3.8) is 0 Å². The van der Waals surface area contributed by atoms with Gasteiger partial charge in [-0.1, -0.05) is 13.8 Å². The molecule has 0 saturated heterocycles. The second-order valence-corrected chi connectivity index (χ2v) is 6.26. The zero-order chi connectivity index (χ0) is 15.5. The molecule has 1 rings (SSSR count). The summed E-state index contributed by atoms with van der Waals surface area (Å²) in [5.41, 5.74) is 3.62. The van der Waals surface area contributed by atoms with Crippen molar-refractivity contribution in [1.29, 1.82) is 0 Å². The lowest BCUT2D eigenvalue weighted by molar-refractivity contribution is 0.210. The maximum Gasteiger partial charge on any atom is 0.148 e. The first kappa shape index (κ1) is 16.7. The maximum absolute atomic E-state index is 5.54. The highest BCUT2D eigenvalue weighted by Gasteiger charge is 2.21. The van der Waals surface area contributed by atoms with E-state index in [1.165, 1.54) is 0 Å². The number of nitrogens with zero attached hydrogens (tertiary/aromatic N) is 3. The minimum atomic E-state index is 0.0334. The SMILES string of the molecule is Cc1c(NN)nc(C(C)C)nc1NCC(C)(C)N(C)C. The number of nitrogen functional groups attached to an aromatic ring is 1. The molecule has 1 heterocycles. The molecule has 1 aromatic rings. The maximum atomic E-state index is 5.54. The normalized spacial score (nSPS) is 12.1. The van der Waals surface area contributed by atoms with Gasteiger partial charge in [-0.25, -0.2) is 15.8 Å². The molecule has 4 N–H and O–H groups in total. The van der Waals surface area contributed by atoms with Crippen LogP contribution >= 0.6 is 0 Å².